The van der Waals surface area contributed by atoms with Gasteiger partial charge in [0.05, 0.1) is 0 Å². The minimum Gasteiger partial charge on any atom is -0.447 e. The summed E-state index contributed by atoms with van der Waals surface area (Å²) in [5, 5.41) is 2.91. The molecule has 6 nitrogen and oxygen atoms in total. The van der Waals surface area contributed by atoms with Crippen molar-refractivity contribution in [2.75, 3.05) is 6.54 Å². The molecule has 2 amide bonds. The van der Waals surface area contributed by atoms with Crippen molar-refractivity contribution in [2.45, 2.75) is 44.7 Å². The first kappa shape index (κ1) is 15.9. The van der Waals surface area contributed by atoms with E-state index in [2.05, 4.69) is 10.3 Å². The second-order valence-electron chi connectivity index (χ2n) is 6.76. The minimum atomic E-state index is -0.198. The molecule has 1 aromatic carbocycles. The van der Waals surface area contributed by atoms with E-state index in [1.54, 1.807) is 0 Å². The number of carbonyl (C=O) groups excluding carboxylic acids is 2. The predicted molar refractivity (Wildman–Crippen MR) is 90.7 cm³/mol. The lowest BCUT2D eigenvalue weighted by molar-refractivity contribution is -0.128. The number of aromatic nitrogens is 1. The van der Waals surface area contributed by atoms with Crippen molar-refractivity contribution in [1.82, 2.24) is 15.2 Å². The Bertz CT molecular complexity index is 795. The van der Waals surface area contributed by atoms with Gasteiger partial charge in [-0.2, -0.15) is 0 Å². The molecule has 0 spiro atoms. The maximum atomic E-state index is 12.4. The summed E-state index contributed by atoms with van der Waals surface area (Å²) >= 11 is 0. The zero-order chi connectivity index (χ0) is 17.2. The molecule has 1 aliphatic carbocycles. The van der Waals surface area contributed by atoms with Crippen molar-refractivity contribution in [3.8, 4) is 0 Å². The number of hydrogen-bond acceptors (Lipinski definition) is 4. The summed E-state index contributed by atoms with van der Waals surface area (Å²) in [4.78, 5) is 30.1. The third kappa shape index (κ3) is 3.57. The molecule has 0 radical (unpaired) electrons. The van der Waals surface area contributed by atoms with Crippen molar-refractivity contribution in [3.05, 3.63) is 53.2 Å². The summed E-state index contributed by atoms with van der Waals surface area (Å²) in [6, 6.07) is 7.99. The highest BCUT2D eigenvalue weighted by Gasteiger charge is 2.32. The molecule has 6 heteroatoms. The Morgan fingerprint density at radius 3 is 2.92 bits per heavy atom. The van der Waals surface area contributed by atoms with Gasteiger partial charge < -0.3 is 14.6 Å². The number of hydrogen-bond donors (Lipinski definition) is 1. The highest BCUT2D eigenvalue weighted by Crippen LogP contribution is 2.41. The molecule has 130 valence electrons. The summed E-state index contributed by atoms with van der Waals surface area (Å²) in [5.41, 5.74) is 2.50. The van der Waals surface area contributed by atoms with Gasteiger partial charge in [-0.1, -0.05) is 24.3 Å². The van der Waals surface area contributed by atoms with Gasteiger partial charge >= 0.3 is 0 Å². The van der Waals surface area contributed by atoms with Crippen LogP contribution in [-0.2, 0) is 17.9 Å². The molecular weight excluding hydrogens is 318 g/mol. The smallest absolute Gasteiger partial charge is 0.273 e. The minimum absolute atomic E-state index is 0.198. The van der Waals surface area contributed by atoms with E-state index in [4.69, 9.17) is 4.42 Å². The largest absolute Gasteiger partial charge is 0.447 e. The number of oxazole rings is 1. The maximum Gasteiger partial charge on any atom is 0.273 e. The third-order valence-corrected chi connectivity index (χ3v) is 4.75. The van der Waals surface area contributed by atoms with E-state index in [0.717, 1.165) is 36.9 Å². The molecule has 0 bridgehead atoms. The van der Waals surface area contributed by atoms with Gasteiger partial charge in [0, 0.05) is 32.0 Å². The van der Waals surface area contributed by atoms with Crippen LogP contribution in [0.3, 0.4) is 0 Å². The van der Waals surface area contributed by atoms with Gasteiger partial charge in [-0.3, -0.25) is 9.59 Å². The molecule has 2 fully saturated rings. The fourth-order valence-electron chi connectivity index (χ4n) is 3.26. The SMILES string of the molecule is O=C(NCc1cccc(CN2CCCC2=O)c1)c1ncoc1C1CC1. The molecule has 0 unspecified atom stereocenters. The Kier molecular flexibility index (Phi) is 4.26. The van der Waals surface area contributed by atoms with E-state index >= 15 is 0 Å². The molecule has 1 aromatic heterocycles. The van der Waals surface area contributed by atoms with Gasteiger partial charge in [0.15, 0.2) is 12.1 Å². The number of rotatable bonds is 6. The summed E-state index contributed by atoms with van der Waals surface area (Å²) in [6.45, 7) is 1.89. The van der Waals surface area contributed by atoms with Crippen molar-refractivity contribution < 1.29 is 14.0 Å². The summed E-state index contributed by atoms with van der Waals surface area (Å²) < 4.78 is 5.36. The van der Waals surface area contributed by atoms with Crippen molar-refractivity contribution in [3.63, 3.8) is 0 Å². The van der Waals surface area contributed by atoms with Crippen LogP contribution >= 0.6 is 0 Å². The van der Waals surface area contributed by atoms with Crippen LogP contribution in [0.25, 0.3) is 0 Å². The Hall–Kier alpha value is -2.63. The van der Waals surface area contributed by atoms with Crippen LogP contribution in [0.5, 0.6) is 0 Å². The fourth-order valence-corrected chi connectivity index (χ4v) is 3.26. The monoisotopic (exact) mass is 339 g/mol. The maximum absolute atomic E-state index is 12.4. The highest BCUT2D eigenvalue weighted by molar-refractivity contribution is 5.93. The summed E-state index contributed by atoms with van der Waals surface area (Å²) in [5.74, 6) is 1.08. The molecule has 1 saturated heterocycles. The zero-order valence-electron chi connectivity index (χ0n) is 14.0. The van der Waals surface area contributed by atoms with Crippen LogP contribution in [0, 0.1) is 0 Å². The van der Waals surface area contributed by atoms with Crippen molar-refractivity contribution >= 4 is 11.8 Å². The van der Waals surface area contributed by atoms with E-state index in [1.807, 2.05) is 29.2 Å². The van der Waals surface area contributed by atoms with Crippen LogP contribution in [-0.4, -0.2) is 28.2 Å². The number of carbonyl (C=O) groups is 2. The van der Waals surface area contributed by atoms with Gasteiger partial charge in [0.2, 0.25) is 5.91 Å². The molecule has 0 atom stereocenters. The first-order valence-electron chi connectivity index (χ1n) is 8.78. The van der Waals surface area contributed by atoms with Crippen LogP contribution < -0.4 is 5.32 Å². The number of benzene rings is 1. The van der Waals surface area contributed by atoms with Crippen LogP contribution in [0.1, 0.15) is 59.0 Å². The molecule has 1 N–H and O–H groups in total. The molecule has 2 heterocycles. The first-order chi connectivity index (χ1) is 12.2. The fraction of sp³-hybridized carbons (Fsp3) is 0.421. The molecule has 2 aromatic rings. The average molecular weight is 339 g/mol. The lowest BCUT2D eigenvalue weighted by Crippen LogP contribution is -2.25. The second kappa shape index (κ2) is 6.70. The summed E-state index contributed by atoms with van der Waals surface area (Å²) in [7, 11) is 0. The lowest BCUT2D eigenvalue weighted by Gasteiger charge is -2.16. The van der Waals surface area contributed by atoms with Gasteiger partial charge in [-0.25, -0.2) is 4.98 Å². The zero-order valence-corrected chi connectivity index (χ0v) is 14.0. The van der Waals surface area contributed by atoms with E-state index in [9.17, 15) is 9.59 Å². The number of likely N-dealkylation sites (tertiary alicyclic amines) is 1. The molecule has 25 heavy (non-hydrogen) atoms. The van der Waals surface area contributed by atoms with E-state index in [0.29, 0.717) is 36.9 Å². The van der Waals surface area contributed by atoms with Crippen LogP contribution in [0.15, 0.2) is 35.1 Å². The van der Waals surface area contributed by atoms with Gasteiger partial charge in [-0.15, -0.1) is 0 Å². The van der Waals surface area contributed by atoms with Gasteiger partial charge in [0.25, 0.3) is 5.91 Å². The van der Waals surface area contributed by atoms with Crippen LogP contribution in [0.2, 0.25) is 0 Å². The average Bonchev–Trinajstić information content (AvgIpc) is 3.21. The lowest BCUT2D eigenvalue weighted by atomic mass is 10.1. The highest BCUT2D eigenvalue weighted by atomic mass is 16.3. The topological polar surface area (TPSA) is 75.4 Å². The van der Waals surface area contributed by atoms with Gasteiger partial charge in [-0.05, 0) is 30.4 Å². The van der Waals surface area contributed by atoms with Crippen molar-refractivity contribution in [1.29, 1.82) is 0 Å². The third-order valence-electron chi connectivity index (χ3n) is 4.75. The van der Waals surface area contributed by atoms with Gasteiger partial charge in [0.1, 0.15) is 5.76 Å². The number of nitrogens with one attached hydrogen (secondary N) is 1. The molecular formula is C19H21N3O3. The predicted octanol–water partition coefficient (Wildman–Crippen LogP) is 2.60. The van der Waals surface area contributed by atoms with E-state index in [1.165, 1.54) is 6.39 Å². The number of nitrogens with zero attached hydrogens (tertiary/aromatic N) is 2. The molecule has 1 aliphatic heterocycles. The second-order valence-corrected chi connectivity index (χ2v) is 6.76. The van der Waals surface area contributed by atoms with E-state index in [-0.39, 0.29) is 11.8 Å². The number of amides is 2. The van der Waals surface area contributed by atoms with E-state index < -0.39 is 0 Å². The standard InChI is InChI=1S/C19H21N3O3/c23-16-5-2-8-22(16)11-14-4-1-3-13(9-14)10-20-19(24)17-18(15-6-7-15)25-12-21-17/h1,3-4,9,12,15H,2,5-8,10-11H2,(H,20,24). The quantitative estimate of drug-likeness (QED) is 0.878. The molecule has 1 saturated carbocycles. The van der Waals surface area contributed by atoms with Crippen LogP contribution in [0.4, 0.5) is 0 Å². The molecule has 2 aliphatic rings. The molecule has 4 rings (SSSR count). The summed E-state index contributed by atoms with van der Waals surface area (Å²) in [6.07, 6.45) is 5.06. The van der Waals surface area contributed by atoms with Crippen molar-refractivity contribution in [2.24, 2.45) is 0 Å². The Morgan fingerprint density at radius 2 is 2.16 bits per heavy atom. The Balaban J connectivity index is 1.37. The normalized spacial score (nSPS) is 17.1. The first-order valence-corrected chi connectivity index (χ1v) is 8.78. The Morgan fingerprint density at radius 1 is 1.32 bits per heavy atom. The Labute approximate surface area is 146 Å².